The summed E-state index contributed by atoms with van der Waals surface area (Å²) in [4.78, 5) is 11.8. The van der Waals surface area contributed by atoms with Gasteiger partial charge < -0.3 is 4.74 Å². The Hall–Kier alpha value is -1.15. The molecule has 14 heavy (non-hydrogen) atoms. The average Bonchev–Trinajstić information content (AvgIpc) is 2.66. The lowest BCUT2D eigenvalue weighted by atomic mass is 9.76. The van der Waals surface area contributed by atoms with Crippen LogP contribution in [0.4, 0.5) is 0 Å². The Kier molecular flexibility index (Phi) is 1.71. The van der Waals surface area contributed by atoms with Crippen LogP contribution in [0, 0.1) is 5.92 Å². The largest absolute Gasteiger partial charge is 0.380 e. The molecule has 0 spiro atoms. The lowest BCUT2D eigenvalue weighted by Gasteiger charge is -2.25. The third-order valence-electron chi connectivity index (χ3n) is 3.31. The van der Waals surface area contributed by atoms with E-state index >= 15 is 0 Å². The van der Waals surface area contributed by atoms with E-state index in [9.17, 15) is 4.79 Å². The molecule has 1 aliphatic carbocycles. The number of carbonyl (C=O) groups excluding carboxylic acids is 1. The summed E-state index contributed by atoms with van der Waals surface area (Å²) in [5.74, 6) is 1.17. The first kappa shape index (κ1) is 8.18. The molecule has 0 N–H and O–H groups in total. The first-order valence-electron chi connectivity index (χ1n) is 5.06. The van der Waals surface area contributed by atoms with Gasteiger partial charge in [-0.1, -0.05) is 24.3 Å². The van der Waals surface area contributed by atoms with Gasteiger partial charge in [-0.2, -0.15) is 0 Å². The quantitative estimate of drug-likeness (QED) is 0.622. The summed E-state index contributed by atoms with van der Waals surface area (Å²) in [5.41, 5.74) is 2.12. The van der Waals surface area contributed by atoms with E-state index in [4.69, 9.17) is 4.74 Å². The summed E-state index contributed by atoms with van der Waals surface area (Å²) in [5, 5.41) is 0. The average molecular weight is 188 g/mol. The van der Waals surface area contributed by atoms with Gasteiger partial charge in [-0.3, -0.25) is 4.79 Å². The Bertz CT molecular complexity index is 384. The second-order valence-corrected chi connectivity index (χ2v) is 4.12. The summed E-state index contributed by atoms with van der Waals surface area (Å²) in [7, 11) is 0. The molecule has 0 amide bonds. The number of Topliss-reactive ketones (excluding diaryl/α,β-unsaturated/α-hetero) is 1. The van der Waals surface area contributed by atoms with Gasteiger partial charge in [0.15, 0.2) is 5.78 Å². The molecule has 0 radical (unpaired) electrons. The summed E-state index contributed by atoms with van der Waals surface area (Å²) in [6.45, 7) is 1.54. The van der Waals surface area contributed by atoms with Crippen LogP contribution >= 0.6 is 0 Å². The summed E-state index contributed by atoms with van der Waals surface area (Å²) in [6, 6.07) is 7.95. The van der Waals surface area contributed by atoms with Crippen LogP contribution in [0.3, 0.4) is 0 Å². The fraction of sp³-hybridized carbons (Fsp3) is 0.417. The van der Waals surface area contributed by atoms with Crippen LogP contribution in [0.25, 0.3) is 0 Å². The SMILES string of the molecule is O=C1C[C@@H]2COC[C@H]2c2ccccc21. The van der Waals surface area contributed by atoms with Crippen LogP contribution in [0.1, 0.15) is 28.3 Å². The molecule has 1 heterocycles. The van der Waals surface area contributed by atoms with Crippen molar-refractivity contribution in [2.75, 3.05) is 13.2 Å². The van der Waals surface area contributed by atoms with E-state index in [2.05, 4.69) is 6.07 Å². The van der Waals surface area contributed by atoms with E-state index in [0.29, 0.717) is 18.3 Å². The van der Waals surface area contributed by atoms with E-state index < -0.39 is 0 Å². The third-order valence-corrected chi connectivity index (χ3v) is 3.31. The molecule has 2 aliphatic rings. The van der Waals surface area contributed by atoms with Crippen molar-refractivity contribution < 1.29 is 9.53 Å². The fourth-order valence-corrected chi connectivity index (χ4v) is 2.57. The molecule has 1 fully saturated rings. The zero-order valence-electron chi connectivity index (χ0n) is 7.90. The van der Waals surface area contributed by atoms with Crippen LogP contribution in [-0.2, 0) is 4.74 Å². The minimum absolute atomic E-state index is 0.285. The van der Waals surface area contributed by atoms with Gasteiger partial charge in [0.1, 0.15) is 0 Å². The predicted molar refractivity (Wildman–Crippen MR) is 52.4 cm³/mol. The Morgan fingerprint density at radius 3 is 3.00 bits per heavy atom. The van der Waals surface area contributed by atoms with Crippen molar-refractivity contribution in [3.8, 4) is 0 Å². The first-order valence-corrected chi connectivity index (χ1v) is 5.06. The molecule has 0 unspecified atom stereocenters. The summed E-state index contributed by atoms with van der Waals surface area (Å²) >= 11 is 0. The topological polar surface area (TPSA) is 26.3 Å². The number of benzene rings is 1. The number of hydrogen-bond acceptors (Lipinski definition) is 2. The molecule has 2 atom stereocenters. The van der Waals surface area contributed by atoms with Gasteiger partial charge in [0.2, 0.25) is 0 Å². The van der Waals surface area contributed by atoms with Crippen molar-refractivity contribution in [3.05, 3.63) is 35.4 Å². The van der Waals surface area contributed by atoms with E-state index in [1.54, 1.807) is 0 Å². The maximum absolute atomic E-state index is 11.8. The van der Waals surface area contributed by atoms with Crippen molar-refractivity contribution in [1.29, 1.82) is 0 Å². The zero-order valence-corrected chi connectivity index (χ0v) is 7.90. The molecule has 1 aliphatic heterocycles. The molecule has 2 nitrogen and oxygen atoms in total. The maximum Gasteiger partial charge on any atom is 0.163 e. The van der Waals surface area contributed by atoms with Crippen LogP contribution in [0.5, 0.6) is 0 Å². The number of rotatable bonds is 0. The molecule has 1 aromatic rings. The summed E-state index contributed by atoms with van der Waals surface area (Å²) in [6.07, 6.45) is 0.668. The molecule has 0 bridgehead atoms. The van der Waals surface area contributed by atoms with Crippen molar-refractivity contribution >= 4 is 5.78 Å². The molecular formula is C12H12O2. The minimum Gasteiger partial charge on any atom is -0.380 e. The lowest BCUT2D eigenvalue weighted by Crippen LogP contribution is -2.23. The standard InChI is InChI=1S/C12H12O2/c13-12-5-8-6-14-7-11(8)9-3-1-2-4-10(9)12/h1-4,8,11H,5-7H2/t8-,11-/m1/s1. The molecule has 1 aromatic carbocycles. The van der Waals surface area contributed by atoms with E-state index in [1.165, 1.54) is 5.56 Å². The minimum atomic E-state index is 0.285. The smallest absolute Gasteiger partial charge is 0.163 e. The number of ether oxygens (including phenoxy) is 1. The van der Waals surface area contributed by atoms with E-state index in [1.807, 2.05) is 18.2 Å². The number of carbonyl (C=O) groups is 1. The Morgan fingerprint density at radius 2 is 2.07 bits per heavy atom. The molecule has 0 saturated carbocycles. The van der Waals surface area contributed by atoms with Crippen LogP contribution in [-0.4, -0.2) is 19.0 Å². The Morgan fingerprint density at radius 1 is 1.21 bits per heavy atom. The van der Waals surface area contributed by atoms with Gasteiger partial charge in [-0.25, -0.2) is 0 Å². The third kappa shape index (κ3) is 1.04. The first-order chi connectivity index (χ1) is 6.86. The predicted octanol–water partition coefficient (Wildman–Crippen LogP) is 2.00. The lowest BCUT2D eigenvalue weighted by molar-refractivity contribution is 0.0940. The highest BCUT2D eigenvalue weighted by Crippen LogP contribution is 2.39. The van der Waals surface area contributed by atoms with Crippen LogP contribution in [0.15, 0.2) is 24.3 Å². The number of hydrogen-bond donors (Lipinski definition) is 0. The molecule has 2 heteroatoms. The van der Waals surface area contributed by atoms with Crippen molar-refractivity contribution in [2.24, 2.45) is 5.92 Å². The zero-order chi connectivity index (χ0) is 9.54. The Balaban J connectivity index is 2.13. The second kappa shape index (κ2) is 2.92. The maximum atomic E-state index is 11.8. The van der Waals surface area contributed by atoms with E-state index in [0.717, 1.165) is 18.8 Å². The van der Waals surface area contributed by atoms with Gasteiger partial charge >= 0.3 is 0 Å². The number of fused-ring (bicyclic) bond motifs is 3. The van der Waals surface area contributed by atoms with Gasteiger partial charge in [-0.05, 0) is 11.5 Å². The highest BCUT2D eigenvalue weighted by Gasteiger charge is 2.37. The Labute approximate surface area is 82.9 Å². The monoisotopic (exact) mass is 188 g/mol. The fourth-order valence-electron chi connectivity index (χ4n) is 2.57. The van der Waals surface area contributed by atoms with Gasteiger partial charge in [0, 0.05) is 17.9 Å². The van der Waals surface area contributed by atoms with Gasteiger partial charge in [-0.15, -0.1) is 0 Å². The summed E-state index contributed by atoms with van der Waals surface area (Å²) < 4.78 is 5.44. The molecule has 0 aromatic heterocycles. The van der Waals surface area contributed by atoms with Crippen LogP contribution in [0.2, 0.25) is 0 Å². The van der Waals surface area contributed by atoms with E-state index in [-0.39, 0.29) is 5.78 Å². The molecular weight excluding hydrogens is 176 g/mol. The molecule has 3 rings (SSSR count). The molecule has 72 valence electrons. The van der Waals surface area contributed by atoms with Crippen LogP contribution < -0.4 is 0 Å². The highest BCUT2D eigenvalue weighted by atomic mass is 16.5. The second-order valence-electron chi connectivity index (χ2n) is 4.12. The van der Waals surface area contributed by atoms with Crippen molar-refractivity contribution in [2.45, 2.75) is 12.3 Å². The normalized spacial score (nSPS) is 29.9. The molecule has 1 saturated heterocycles. The van der Waals surface area contributed by atoms with Gasteiger partial charge in [0.05, 0.1) is 13.2 Å². The highest BCUT2D eigenvalue weighted by molar-refractivity contribution is 5.99. The number of ketones is 1. The van der Waals surface area contributed by atoms with Crippen molar-refractivity contribution in [1.82, 2.24) is 0 Å². The van der Waals surface area contributed by atoms with Crippen molar-refractivity contribution in [3.63, 3.8) is 0 Å². The van der Waals surface area contributed by atoms with Gasteiger partial charge in [0.25, 0.3) is 0 Å².